The predicted octanol–water partition coefficient (Wildman–Crippen LogP) is 5.40. The van der Waals surface area contributed by atoms with E-state index in [1.54, 1.807) is 30.8 Å². The third-order valence-electron chi connectivity index (χ3n) is 4.52. The van der Waals surface area contributed by atoms with Gasteiger partial charge in [0, 0.05) is 50.5 Å². The molecule has 28 heavy (non-hydrogen) atoms. The van der Waals surface area contributed by atoms with Gasteiger partial charge in [0.2, 0.25) is 0 Å². The molecule has 5 nitrogen and oxygen atoms in total. The number of nitrogens with one attached hydrogen (secondary N) is 1. The normalized spacial score (nSPS) is 12.2. The minimum Gasteiger partial charge on any atom is -0.341 e. The number of H-pyrrole nitrogens is 1. The Morgan fingerprint density at radius 1 is 1.14 bits per heavy atom. The van der Waals surface area contributed by atoms with Gasteiger partial charge in [0.05, 0.1) is 0 Å². The number of rotatable bonds is 3. The van der Waals surface area contributed by atoms with Crippen molar-refractivity contribution in [3.05, 3.63) is 54.1 Å². The Kier molecular flexibility index (Phi) is 4.42. The van der Waals surface area contributed by atoms with Gasteiger partial charge in [0.15, 0.2) is 11.5 Å². The quantitative estimate of drug-likeness (QED) is 0.504. The molecule has 0 aliphatic heterocycles. The molecule has 1 N–H and O–H groups in total. The monoisotopic (exact) mass is 396 g/mol. The number of fused-ring (bicyclic) bond motifs is 2. The minimum absolute atomic E-state index is 0.136. The van der Waals surface area contributed by atoms with Crippen molar-refractivity contribution < 1.29 is 8.60 Å². The van der Waals surface area contributed by atoms with Crippen LogP contribution in [0.3, 0.4) is 0 Å². The molecule has 0 atom stereocenters. The number of nitrogens with zero attached hydrogens (tertiary/aromatic N) is 3. The summed E-state index contributed by atoms with van der Waals surface area (Å²) in [7, 11) is -2.40. The van der Waals surface area contributed by atoms with E-state index in [-0.39, 0.29) is 11.7 Å². The fourth-order valence-corrected chi connectivity index (χ4v) is 3.92. The molecule has 0 bridgehead atoms. The van der Waals surface area contributed by atoms with Crippen LogP contribution in [0.4, 0.5) is 10.2 Å². The molecule has 3 aromatic heterocycles. The Hall–Kier alpha value is -2.80. The van der Waals surface area contributed by atoms with Gasteiger partial charge in [-0.25, -0.2) is 18.6 Å². The van der Waals surface area contributed by atoms with Gasteiger partial charge in [-0.1, -0.05) is 26.0 Å². The SMILES string of the molecule is CC(C)c1[nH]c(N=S(C)(C)=O)c2nc3nccc3cc2c1-c1ccc(F)cc1. The van der Waals surface area contributed by atoms with Crippen molar-refractivity contribution in [3.63, 3.8) is 0 Å². The zero-order chi connectivity index (χ0) is 20.1. The number of pyridine rings is 2. The standard InChI is InChI=1S/C21H21FN4OS/c1-12(2)18-17(13-5-7-15(22)8-6-13)16-11-14-9-10-23-20(14)25-19(16)21(24-18)26-28(3,4)27/h5-12,24H,1-4H3. The lowest BCUT2D eigenvalue weighted by molar-refractivity contribution is 0.628. The first-order valence-electron chi connectivity index (χ1n) is 8.97. The van der Waals surface area contributed by atoms with Crippen LogP contribution in [0, 0.1) is 5.82 Å². The van der Waals surface area contributed by atoms with Crippen molar-refractivity contribution >= 4 is 37.5 Å². The van der Waals surface area contributed by atoms with Crippen molar-refractivity contribution in [1.82, 2.24) is 15.0 Å². The van der Waals surface area contributed by atoms with E-state index in [2.05, 4.69) is 28.2 Å². The third kappa shape index (κ3) is 3.38. The van der Waals surface area contributed by atoms with E-state index in [0.29, 0.717) is 17.0 Å². The van der Waals surface area contributed by atoms with E-state index in [1.165, 1.54) is 12.1 Å². The molecule has 0 amide bonds. The fourth-order valence-electron chi connectivity index (χ4n) is 3.35. The number of benzene rings is 1. The molecular weight excluding hydrogens is 375 g/mol. The lowest BCUT2D eigenvalue weighted by Crippen LogP contribution is -2.01. The van der Waals surface area contributed by atoms with E-state index in [0.717, 1.165) is 27.6 Å². The highest BCUT2D eigenvalue weighted by Gasteiger charge is 2.19. The zero-order valence-electron chi connectivity index (χ0n) is 16.2. The number of halogens is 1. The van der Waals surface area contributed by atoms with Gasteiger partial charge in [0.1, 0.15) is 11.3 Å². The molecule has 144 valence electrons. The molecular formula is C21H21FN4OS. The second-order valence-electron chi connectivity index (χ2n) is 7.44. The van der Waals surface area contributed by atoms with Gasteiger partial charge in [0.25, 0.3) is 0 Å². The Morgan fingerprint density at radius 3 is 2.50 bits per heavy atom. The Morgan fingerprint density at radius 2 is 1.86 bits per heavy atom. The maximum absolute atomic E-state index is 13.5. The first-order chi connectivity index (χ1) is 13.2. The van der Waals surface area contributed by atoms with Crippen molar-refractivity contribution in [2.45, 2.75) is 19.8 Å². The van der Waals surface area contributed by atoms with E-state index in [9.17, 15) is 8.60 Å². The number of aromatic nitrogens is 3. The second kappa shape index (κ2) is 6.67. The Labute approximate surface area is 163 Å². The van der Waals surface area contributed by atoms with Gasteiger partial charge in [-0.3, -0.25) is 0 Å². The Bertz CT molecular complexity index is 1310. The molecule has 0 aliphatic carbocycles. The van der Waals surface area contributed by atoms with Crippen molar-refractivity contribution in [3.8, 4) is 11.1 Å². The summed E-state index contributed by atoms with van der Waals surface area (Å²) in [4.78, 5) is 12.3. The molecule has 4 aromatic rings. The van der Waals surface area contributed by atoms with Crippen molar-refractivity contribution in [2.75, 3.05) is 12.5 Å². The molecule has 0 spiro atoms. The van der Waals surface area contributed by atoms with Crippen LogP contribution in [0.15, 0.2) is 47.0 Å². The molecule has 0 saturated carbocycles. The summed E-state index contributed by atoms with van der Waals surface area (Å²) in [6.07, 6.45) is 4.89. The van der Waals surface area contributed by atoms with Crippen LogP contribution in [0.2, 0.25) is 0 Å². The maximum Gasteiger partial charge on any atom is 0.166 e. The highest BCUT2D eigenvalue weighted by molar-refractivity contribution is 7.92. The van der Waals surface area contributed by atoms with E-state index >= 15 is 0 Å². The van der Waals surface area contributed by atoms with Gasteiger partial charge in [-0.05, 0) is 35.7 Å². The molecule has 0 fully saturated rings. The van der Waals surface area contributed by atoms with Crippen LogP contribution in [0.25, 0.3) is 33.1 Å². The topological polar surface area (TPSA) is 71.0 Å². The molecule has 7 heteroatoms. The van der Waals surface area contributed by atoms with Crippen molar-refractivity contribution in [2.24, 2.45) is 4.36 Å². The van der Waals surface area contributed by atoms with Crippen LogP contribution in [-0.2, 0) is 9.73 Å². The minimum atomic E-state index is -2.40. The summed E-state index contributed by atoms with van der Waals surface area (Å²) in [6, 6.07) is 10.3. The lowest BCUT2D eigenvalue weighted by atomic mass is 9.93. The first kappa shape index (κ1) is 18.6. The molecule has 0 unspecified atom stereocenters. The predicted molar refractivity (Wildman–Crippen MR) is 113 cm³/mol. The summed E-state index contributed by atoms with van der Waals surface area (Å²) >= 11 is 0. The number of hydrogen-bond acceptors (Lipinski definition) is 4. The third-order valence-corrected chi connectivity index (χ3v) is 5.14. The molecule has 4 rings (SSSR count). The van der Waals surface area contributed by atoms with E-state index in [1.807, 2.05) is 12.1 Å². The van der Waals surface area contributed by atoms with Crippen LogP contribution in [0.5, 0.6) is 0 Å². The fraction of sp³-hybridized carbons (Fsp3) is 0.238. The molecule has 3 heterocycles. The smallest absolute Gasteiger partial charge is 0.166 e. The summed E-state index contributed by atoms with van der Waals surface area (Å²) < 4.78 is 30.4. The summed E-state index contributed by atoms with van der Waals surface area (Å²) in [5, 5.41) is 1.79. The molecule has 0 radical (unpaired) electrons. The average Bonchev–Trinajstić information content (AvgIpc) is 3.07. The Balaban J connectivity index is 2.20. The van der Waals surface area contributed by atoms with Gasteiger partial charge >= 0.3 is 0 Å². The summed E-state index contributed by atoms with van der Waals surface area (Å²) in [6.45, 7) is 4.14. The first-order valence-corrected chi connectivity index (χ1v) is 11.3. The average molecular weight is 396 g/mol. The largest absolute Gasteiger partial charge is 0.341 e. The van der Waals surface area contributed by atoms with Gasteiger partial charge in [-0.15, -0.1) is 0 Å². The number of hydrogen-bond donors (Lipinski definition) is 1. The highest BCUT2D eigenvalue weighted by Crippen LogP contribution is 2.39. The second-order valence-corrected chi connectivity index (χ2v) is 9.98. The zero-order valence-corrected chi connectivity index (χ0v) is 17.0. The summed E-state index contributed by atoms with van der Waals surface area (Å²) in [5.74, 6) is 0.327. The molecule has 0 saturated heterocycles. The van der Waals surface area contributed by atoms with Crippen molar-refractivity contribution in [1.29, 1.82) is 0 Å². The lowest BCUT2D eigenvalue weighted by Gasteiger charge is -2.18. The summed E-state index contributed by atoms with van der Waals surface area (Å²) in [5.41, 5.74) is 3.97. The van der Waals surface area contributed by atoms with Crippen LogP contribution < -0.4 is 0 Å². The van der Waals surface area contributed by atoms with Crippen LogP contribution >= 0.6 is 0 Å². The van der Waals surface area contributed by atoms with E-state index < -0.39 is 9.73 Å². The molecule has 0 aliphatic rings. The van der Waals surface area contributed by atoms with Crippen LogP contribution in [0.1, 0.15) is 25.5 Å². The van der Waals surface area contributed by atoms with Gasteiger partial charge < -0.3 is 4.98 Å². The van der Waals surface area contributed by atoms with Crippen LogP contribution in [-0.4, -0.2) is 31.7 Å². The molecule has 1 aromatic carbocycles. The maximum atomic E-state index is 13.5. The van der Waals surface area contributed by atoms with Gasteiger partial charge in [-0.2, -0.15) is 4.36 Å². The highest BCUT2D eigenvalue weighted by atomic mass is 32.2. The number of aromatic amines is 1. The van der Waals surface area contributed by atoms with E-state index in [4.69, 9.17) is 4.98 Å².